The maximum atomic E-state index is 11.6. The van der Waals surface area contributed by atoms with Crippen molar-refractivity contribution in [1.82, 2.24) is 10.3 Å². The quantitative estimate of drug-likeness (QED) is 0.766. The van der Waals surface area contributed by atoms with Crippen LogP contribution in [0, 0.1) is 0 Å². The molecule has 0 unspecified atom stereocenters. The summed E-state index contributed by atoms with van der Waals surface area (Å²) in [5.74, 6) is 0.100. The molecule has 0 fully saturated rings. The van der Waals surface area contributed by atoms with Crippen LogP contribution in [-0.4, -0.2) is 24.4 Å². The number of carbonyl (C=O) groups is 1. The number of nitrogens with one attached hydrogen (secondary N) is 1. The normalized spacial score (nSPS) is 10.5. The van der Waals surface area contributed by atoms with E-state index in [0.29, 0.717) is 6.54 Å². The molecule has 0 radical (unpaired) electrons. The number of hydrogen-bond donors (Lipinski definition) is 1. The number of rotatable bonds is 3. The highest BCUT2D eigenvalue weighted by Gasteiger charge is 2.04. The van der Waals surface area contributed by atoms with E-state index in [2.05, 4.69) is 10.3 Å². The van der Waals surface area contributed by atoms with Crippen molar-refractivity contribution in [2.24, 2.45) is 0 Å². The number of fused-ring (bicyclic) bond motifs is 1. The maximum absolute atomic E-state index is 11.6. The second-order valence-electron chi connectivity index (χ2n) is 3.39. The second-order valence-corrected chi connectivity index (χ2v) is 3.39. The Kier molecular flexibility index (Phi) is 2.74. The lowest BCUT2D eigenvalue weighted by atomic mass is 10.1. The lowest BCUT2D eigenvalue weighted by Gasteiger charge is -2.02. The minimum Gasteiger partial charge on any atom is -0.313 e. The van der Waals surface area contributed by atoms with Gasteiger partial charge < -0.3 is 5.32 Å². The molecular weight excluding hydrogens is 188 g/mol. The summed E-state index contributed by atoms with van der Waals surface area (Å²) >= 11 is 0. The van der Waals surface area contributed by atoms with Gasteiger partial charge in [0, 0.05) is 23.3 Å². The summed E-state index contributed by atoms with van der Waals surface area (Å²) in [5.41, 5.74) is 0.727. The van der Waals surface area contributed by atoms with E-state index in [4.69, 9.17) is 0 Å². The Morgan fingerprint density at radius 2 is 2.20 bits per heavy atom. The van der Waals surface area contributed by atoms with E-state index in [1.165, 1.54) is 0 Å². The van der Waals surface area contributed by atoms with Gasteiger partial charge in [0.25, 0.3) is 0 Å². The number of carbonyl (C=O) groups excluding carboxylic acids is 1. The zero-order valence-corrected chi connectivity index (χ0v) is 8.53. The van der Waals surface area contributed by atoms with Gasteiger partial charge in [0.05, 0.1) is 6.54 Å². The van der Waals surface area contributed by atoms with Gasteiger partial charge in [-0.25, -0.2) is 0 Å². The summed E-state index contributed by atoms with van der Waals surface area (Å²) in [4.78, 5) is 15.6. The molecule has 0 saturated carbocycles. The molecule has 0 atom stereocenters. The van der Waals surface area contributed by atoms with Gasteiger partial charge >= 0.3 is 0 Å². The average Bonchev–Trinajstić information content (AvgIpc) is 2.29. The summed E-state index contributed by atoms with van der Waals surface area (Å²) in [5, 5.41) is 4.95. The molecule has 76 valence electrons. The lowest BCUT2D eigenvalue weighted by Crippen LogP contribution is -2.18. The first kappa shape index (κ1) is 9.80. The summed E-state index contributed by atoms with van der Waals surface area (Å²) in [7, 11) is 1.76. The van der Waals surface area contributed by atoms with Crippen molar-refractivity contribution in [1.29, 1.82) is 0 Å². The van der Waals surface area contributed by atoms with E-state index in [1.54, 1.807) is 19.4 Å². The second kappa shape index (κ2) is 4.19. The Hall–Kier alpha value is -1.74. The molecule has 1 aromatic heterocycles. The minimum absolute atomic E-state index is 0.100. The van der Waals surface area contributed by atoms with Crippen LogP contribution in [-0.2, 0) is 0 Å². The minimum atomic E-state index is 0.100. The summed E-state index contributed by atoms with van der Waals surface area (Å²) in [6, 6.07) is 7.60. The van der Waals surface area contributed by atoms with Crippen LogP contribution in [0.5, 0.6) is 0 Å². The maximum Gasteiger partial charge on any atom is 0.176 e. The van der Waals surface area contributed by atoms with E-state index in [-0.39, 0.29) is 5.78 Å². The number of aromatic nitrogens is 1. The number of likely N-dealkylation sites (N-methyl/N-ethyl adjacent to an activating group) is 1. The molecule has 0 aliphatic rings. The van der Waals surface area contributed by atoms with Gasteiger partial charge in [-0.2, -0.15) is 0 Å². The smallest absolute Gasteiger partial charge is 0.176 e. The fraction of sp³-hybridized carbons (Fsp3) is 0.167. The number of hydrogen-bond acceptors (Lipinski definition) is 3. The molecule has 2 aromatic rings. The molecule has 0 aliphatic carbocycles. The molecule has 0 saturated heterocycles. The third-order valence-corrected chi connectivity index (χ3v) is 2.30. The van der Waals surface area contributed by atoms with E-state index >= 15 is 0 Å². The van der Waals surface area contributed by atoms with Gasteiger partial charge in [-0.3, -0.25) is 9.78 Å². The van der Waals surface area contributed by atoms with Gasteiger partial charge in [0.15, 0.2) is 5.78 Å². The fourth-order valence-corrected chi connectivity index (χ4v) is 1.52. The molecule has 1 heterocycles. The van der Waals surface area contributed by atoms with E-state index in [1.807, 2.05) is 24.3 Å². The first-order chi connectivity index (χ1) is 7.31. The predicted octanol–water partition coefficient (Wildman–Crippen LogP) is 1.64. The van der Waals surface area contributed by atoms with Crippen LogP contribution in [0.1, 0.15) is 10.4 Å². The van der Waals surface area contributed by atoms with E-state index < -0.39 is 0 Å². The van der Waals surface area contributed by atoms with Crippen LogP contribution >= 0.6 is 0 Å². The first-order valence-electron chi connectivity index (χ1n) is 4.83. The van der Waals surface area contributed by atoms with Crippen molar-refractivity contribution in [2.75, 3.05) is 13.6 Å². The predicted molar refractivity (Wildman–Crippen MR) is 60.0 cm³/mol. The van der Waals surface area contributed by atoms with E-state index in [0.717, 1.165) is 16.3 Å². The summed E-state index contributed by atoms with van der Waals surface area (Å²) in [6.07, 6.45) is 3.52. The van der Waals surface area contributed by atoms with Crippen LogP contribution in [0.25, 0.3) is 10.8 Å². The zero-order chi connectivity index (χ0) is 10.7. The van der Waals surface area contributed by atoms with Crippen molar-refractivity contribution >= 4 is 16.6 Å². The number of pyridine rings is 1. The molecule has 2 rings (SSSR count). The SMILES string of the molecule is CNCC(=O)c1ccc2ccncc2c1. The molecule has 15 heavy (non-hydrogen) atoms. The Labute approximate surface area is 88.1 Å². The van der Waals surface area contributed by atoms with Crippen LogP contribution in [0.4, 0.5) is 0 Å². The van der Waals surface area contributed by atoms with Crippen LogP contribution in [0.3, 0.4) is 0 Å². The van der Waals surface area contributed by atoms with Crippen LogP contribution < -0.4 is 5.32 Å². The molecule has 1 aromatic carbocycles. The number of Topliss-reactive ketones (excluding diaryl/α,β-unsaturated/α-hetero) is 1. The summed E-state index contributed by atoms with van der Waals surface area (Å²) in [6.45, 7) is 0.367. The number of nitrogens with zero attached hydrogens (tertiary/aromatic N) is 1. The van der Waals surface area contributed by atoms with Crippen molar-refractivity contribution in [3.63, 3.8) is 0 Å². The number of ketones is 1. The van der Waals surface area contributed by atoms with Gasteiger partial charge in [-0.1, -0.05) is 12.1 Å². The van der Waals surface area contributed by atoms with Crippen LogP contribution in [0.15, 0.2) is 36.7 Å². The van der Waals surface area contributed by atoms with Crippen LogP contribution in [0.2, 0.25) is 0 Å². The molecule has 0 amide bonds. The van der Waals surface area contributed by atoms with Gasteiger partial charge in [0.2, 0.25) is 0 Å². The van der Waals surface area contributed by atoms with Gasteiger partial charge in [-0.05, 0) is 24.6 Å². The third kappa shape index (κ3) is 2.02. The Morgan fingerprint density at radius 1 is 1.33 bits per heavy atom. The standard InChI is InChI=1S/C12H12N2O/c1-13-8-12(15)10-3-2-9-4-5-14-7-11(9)6-10/h2-7,13H,8H2,1H3. The molecule has 0 bridgehead atoms. The molecule has 1 N–H and O–H groups in total. The van der Waals surface area contributed by atoms with Gasteiger partial charge in [0.1, 0.15) is 0 Å². The Morgan fingerprint density at radius 3 is 3.00 bits per heavy atom. The topological polar surface area (TPSA) is 42.0 Å². The zero-order valence-electron chi connectivity index (χ0n) is 8.53. The van der Waals surface area contributed by atoms with Crippen molar-refractivity contribution in [3.8, 4) is 0 Å². The highest BCUT2D eigenvalue weighted by atomic mass is 16.1. The highest BCUT2D eigenvalue weighted by Crippen LogP contribution is 2.14. The average molecular weight is 200 g/mol. The van der Waals surface area contributed by atoms with E-state index in [9.17, 15) is 4.79 Å². The molecule has 0 spiro atoms. The molecule has 3 heteroatoms. The highest BCUT2D eigenvalue weighted by molar-refractivity contribution is 6.00. The largest absolute Gasteiger partial charge is 0.313 e. The summed E-state index contributed by atoms with van der Waals surface area (Å²) < 4.78 is 0. The van der Waals surface area contributed by atoms with Gasteiger partial charge in [-0.15, -0.1) is 0 Å². The van der Waals surface area contributed by atoms with Crippen molar-refractivity contribution in [3.05, 3.63) is 42.2 Å². The first-order valence-corrected chi connectivity index (χ1v) is 4.83. The monoisotopic (exact) mass is 200 g/mol. The molecular formula is C12H12N2O. The third-order valence-electron chi connectivity index (χ3n) is 2.30. The molecule has 0 aliphatic heterocycles. The molecule has 3 nitrogen and oxygen atoms in total. The number of benzene rings is 1. The lowest BCUT2D eigenvalue weighted by molar-refractivity contribution is 0.0993. The van der Waals surface area contributed by atoms with Crippen molar-refractivity contribution in [2.45, 2.75) is 0 Å². The van der Waals surface area contributed by atoms with Crippen molar-refractivity contribution < 1.29 is 4.79 Å². The Balaban J connectivity index is 2.42. The fourth-order valence-electron chi connectivity index (χ4n) is 1.52. The Bertz CT molecular complexity index is 494.